The van der Waals surface area contributed by atoms with Crippen molar-refractivity contribution in [2.24, 2.45) is 0 Å². The Morgan fingerprint density at radius 3 is 2.42 bits per heavy atom. The minimum absolute atomic E-state index is 0.0605. The van der Waals surface area contributed by atoms with Crippen LogP contribution in [0.2, 0.25) is 0 Å². The van der Waals surface area contributed by atoms with Gasteiger partial charge in [0.25, 0.3) is 0 Å². The predicted octanol–water partition coefficient (Wildman–Crippen LogP) is 2.21. The van der Waals surface area contributed by atoms with Gasteiger partial charge in [-0.15, -0.1) is 0 Å². The Morgan fingerprint density at radius 1 is 1.33 bits per heavy atom. The van der Waals surface area contributed by atoms with E-state index >= 15 is 0 Å². The van der Waals surface area contributed by atoms with E-state index in [1.165, 1.54) is 6.08 Å². The second kappa shape index (κ2) is 6.89. The third-order valence-electron chi connectivity index (χ3n) is 1.76. The molecule has 0 aliphatic carbocycles. The van der Waals surface area contributed by atoms with Gasteiger partial charge >= 0.3 is 0 Å². The topological polar surface area (TPSA) is 20.3 Å². The lowest BCUT2D eigenvalue weighted by Crippen LogP contribution is -2.30. The Morgan fingerprint density at radius 2 is 2.00 bits per heavy atom. The summed E-state index contributed by atoms with van der Waals surface area (Å²) >= 11 is 0. The van der Waals surface area contributed by atoms with E-state index in [-0.39, 0.29) is 5.91 Å². The van der Waals surface area contributed by atoms with E-state index in [0.717, 1.165) is 32.4 Å². The molecule has 70 valence electrons. The number of amides is 1. The Bertz CT molecular complexity index is 143. The zero-order valence-corrected chi connectivity index (χ0v) is 8.18. The van der Waals surface area contributed by atoms with Gasteiger partial charge in [-0.1, -0.05) is 26.8 Å². The van der Waals surface area contributed by atoms with Crippen LogP contribution in [0.5, 0.6) is 0 Å². The highest BCUT2D eigenvalue weighted by atomic mass is 16.2. The fourth-order valence-electron chi connectivity index (χ4n) is 1.08. The summed E-state index contributed by atoms with van der Waals surface area (Å²) in [4.78, 5) is 13.1. The first-order valence-electron chi connectivity index (χ1n) is 4.67. The molecule has 0 fully saturated rings. The summed E-state index contributed by atoms with van der Waals surface area (Å²) in [7, 11) is 0. The molecule has 0 aromatic heterocycles. The van der Waals surface area contributed by atoms with Crippen LogP contribution in [0.3, 0.4) is 0 Å². The van der Waals surface area contributed by atoms with Crippen LogP contribution in [0.1, 0.15) is 33.1 Å². The molecular formula is C10H19NO. The lowest BCUT2D eigenvalue weighted by molar-refractivity contribution is -0.126. The monoisotopic (exact) mass is 169 g/mol. The van der Waals surface area contributed by atoms with E-state index < -0.39 is 0 Å². The van der Waals surface area contributed by atoms with E-state index in [1.807, 2.05) is 4.90 Å². The molecule has 0 bridgehead atoms. The molecule has 2 nitrogen and oxygen atoms in total. The number of hydrogen-bond donors (Lipinski definition) is 0. The fraction of sp³-hybridized carbons (Fsp3) is 0.700. The Labute approximate surface area is 75.3 Å². The largest absolute Gasteiger partial charge is 0.339 e. The molecule has 12 heavy (non-hydrogen) atoms. The van der Waals surface area contributed by atoms with Crippen molar-refractivity contribution in [1.82, 2.24) is 4.90 Å². The van der Waals surface area contributed by atoms with E-state index in [9.17, 15) is 4.79 Å². The zero-order valence-electron chi connectivity index (χ0n) is 8.18. The van der Waals surface area contributed by atoms with Crippen LogP contribution in [0, 0.1) is 0 Å². The number of carbonyl (C=O) groups is 1. The van der Waals surface area contributed by atoms with E-state index in [4.69, 9.17) is 0 Å². The number of carbonyl (C=O) groups excluding carboxylic acids is 1. The molecule has 0 aliphatic rings. The van der Waals surface area contributed by atoms with Crippen molar-refractivity contribution in [1.29, 1.82) is 0 Å². The molecule has 0 spiro atoms. The van der Waals surface area contributed by atoms with Crippen molar-refractivity contribution in [2.45, 2.75) is 33.1 Å². The van der Waals surface area contributed by atoms with Crippen LogP contribution >= 0.6 is 0 Å². The van der Waals surface area contributed by atoms with E-state index in [1.54, 1.807) is 0 Å². The average molecular weight is 169 g/mol. The maximum absolute atomic E-state index is 11.2. The first-order chi connectivity index (χ1) is 5.76. The molecule has 0 radical (unpaired) electrons. The van der Waals surface area contributed by atoms with E-state index in [2.05, 4.69) is 20.4 Å². The SMILES string of the molecule is C=CC(=O)N(CCC)CCCC. The fourth-order valence-corrected chi connectivity index (χ4v) is 1.08. The average Bonchev–Trinajstić information content (AvgIpc) is 2.11. The third-order valence-corrected chi connectivity index (χ3v) is 1.76. The Kier molecular flexibility index (Phi) is 6.44. The van der Waals surface area contributed by atoms with Crippen molar-refractivity contribution >= 4 is 5.91 Å². The van der Waals surface area contributed by atoms with Gasteiger partial charge in [-0.25, -0.2) is 0 Å². The van der Waals surface area contributed by atoms with Gasteiger partial charge < -0.3 is 4.90 Å². The van der Waals surface area contributed by atoms with Crippen molar-refractivity contribution in [3.05, 3.63) is 12.7 Å². The lowest BCUT2D eigenvalue weighted by atomic mass is 10.3. The molecule has 1 amide bonds. The molecule has 0 aliphatic heterocycles. The first kappa shape index (κ1) is 11.2. The highest BCUT2D eigenvalue weighted by molar-refractivity contribution is 5.86. The minimum atomic E-state index is 0.0605. The van der Waals surface area contributed by atoms with Crippen molar-refractivity contribution in [3.8, 4) is 0 Å². The maximum Gasteiger partial charge on any atom is 0.245 e. The summed E-state index contributed by atoms with van der Waals surface area (Å²) in [6, 6.07) is 0. The maximum atomic E-state index is 11.2. The van der Waals surface area contributed by atoms with Crippen LogP contribution in [0.25, 0.3) is 0 Å². The molecule has 0 rings (SSSR count). The van der Waals surface area contributed by atoms with Gasteiger partial charge in [0.15, 0.2) is 0 Å². The van der Waals surface area contributed by atoms with Gasteiger partial charge in [-0.3, -0.25) is 4.79 Å². The van der Waals surface area contributed by atoms with Crippen LogP contribution < -0.4 is 0 Å². The van der Waals surface area contributed by atoms with Crippen molar-refractivity contribution in [3.63, 3.8) is 0 Å². The quantitative estimate of drug-likeness (QED) is 0.558. The van der Waals surface area contributed by atoms with E-state index in [0.29, 0.717) is 0 Å². The highest BCUT2D eigenvalue weighted by Crippen LogP contribution is 1.97. The predicted molar refractivity (Wildman–Crippen MR) is 52.0 cm³/mol. The summed E-state index contributed by atoms with van der Waals surface area (Å²) in [5, 5.41) is 0. The minimum Gasteiger partial charge on any atom is -0.339 e. The number of rotatable bonds is 6. The Balaban J connectivity index is 3.84. The smallest absolute Gasteiger partial charge is 0.245 e. The molecule has 0 N–H and O–H groups in total. The second-order valence-corrected chi connectivity index (χ2v) is 2.88. The second-order valence-electron chi connectivity index (χ2n) is 2.88. The number of nitrogens with zero attached hydrogens (tertiary/aromatic N) is 1. The molecule has 0 saturated heterocycles. The summed E-state index contributed by atoms with van der Waals surface area (Å²) in [5.41, 5.74) is 0. The highest BCUT2D eigenvalue weighted by Gasteiger charge is 2.06. The molecule has 0 saturated carbocycles. The molecular weight excluding hydrogens is 150 g/mol. The van der Waals surface area contributed by atoms with Gasteiger partial charge in [0, 0.05) is 13.1 Å². The van der Waals surface area contributed by atoms with Crippen LogP contribution in [-0.2, 0) is 4.79 Å². The van der Waals surface area contributed by atoms with Gasteiger partial charge in [0.05, 0.1) is 0 Å². The summed E-state index contributed by atoms with van der Waals surface area (Å²) in [6.07, 6.45) is 4.62. The summed E-state index contributed by atoms with van der Waals surface area (Å²) in [5.74, 6) is 0.0605. The molecule has 0 heterocycles. The van der Waals surface area contributed by atoms with Gasteiger partial charge in [0.2, 0.25) is 5.91 Å². The zero-order chi connectivity index (χ0) is 9.40. The molecule has 0 atom stereocenters. The molecule has 0 aromatic carbocycles. The lowest BCUT2D eigenvalue weighted by Gasteiger charge is -2.19. The number of hydrogen-bond acceptors (Lipinski definition) is 1. The summed E-state index contributed by atoms with van der Waals surface area (Å²) < 4.78 is 0. The van der Waals surface area contributed by atoms with Crippen LogP contribution in [0.15, 0.2) is 12.7 Å². The third kappa shape index (κ3) is 4.16. The van der Waals surface area contributed by atoms with Gasteiger partial charge in [0.1, 0.15) is 0 Å². The molecule has 0 unspecified atom stereocenters. The normalized spacial score (nSPS) is 9.50. The van der Waals surface area contributed by atoms with Crippen LogP contribution in [-0.4, -0.2) is 23.9 Å². The van der Waals surface area contributed by atoms with Crippen molar-refractivity contribution < 1.29 is 4.79 Å². The standard InChI is InChI=1S/C10H19NO/c1-4-7-9-11(8-5-2)10(12)6-3/h6H,3-5,7-9H2,1-2H3. The Hall–Kier alpha value is -0.790. The van der Waals surface area contributed by atoms with Crippen molar-refractivity contribution in [2.75, 3.05) is 13.1 Å². The van der Waals surface area contributed by atoms with Gasteiger partial charge in [-0.2, -0.15) is 0 Å². The first-order valence-corrected chi connectivity index (χ1v) is 4.67. The molecule has 2 heteroatoms. The summed E-state index contributed by atoms with van der Waals surface area (Å²) in [6.45, 7) is 9.41. The van der Waals surface area contributed by atoms with Gasteiger partial charge in [-0.05, 0) is 18.9 Å². The van der Waals surface area contributed by atoms with Crippen LogP contribution in [0.4, 0.5) is 0 Å². The number of unbranched alkanes of at least 4 members (excludes halogenated alkanes) is 1. The molecule has 0 aromatic rings.